The molecule has 3 amide bonds. The number of nitrogens with one attached hydrogen (secondary N) is 1. The van der Waals surface area contributed by atoms with Gasteiger partial charge in [-0.2, -0.15) is 0 Å². The molecular formula is C13H10BrClN2O3. The van der Waals surface area contributed by atoms with E-state index in [9.17, 15) is 14.7 Å². The molecule has 2 rings (SSSR count). The van der Waals surface area contributed by atoms with E-state index in [4.69, 9.17) is 11.6 Å². The van der Waals surface area contributed by atoms with Crippen LogP contribution in [-0.4, -0.2) is 28.5 Å². The van der Waals surface area contributed by atoms with E-state index >= 15 is 0 Å². The first-order valence-corrected chi connectivity index (χ1v) is 6.74. The number of carbonyl (C=O) groups excluding carboxylic acids is 2. The molecule has 0 bridgehead atoms. The van der Waals surface area contributed by atoms with Crippen LogP contribution in [0.15, 0.2) is 35.0 Å². The second kappa shape index (κ2) is 5.68. The van der Waals surface area contributed by atoms with Crippen LogP contribution in [0.2, 0.25) is 5.02 Å². The monoisotopic (exact) mass is 356 g/mol. The van der Waals surface area contributed by atoms with Gasteiger partial charge in [-0.25, -0.2) is 4.79 Å². The Morgan fingerprint density at radius 2 is 2.15 bits per heavy atom. The maximum Gasteiger partial charge on any atom is 0.329 e. The van der Waals surface area contributed by atoms with Crippen molar-refractivity contribution < 1.29 is 14.7 Å². The minimum absolute atomic E-state index is 0.0797. The minimum Gasteiger partial charge on any atom is -0.505 e. The summed E-state index contributed by atoms with van der Waals surface area (Å²) >= 11 is 8.99. The number of nitrogens with zero attached hydrogens (tertiary/aromatic N) is 1. The molecule has 104 valence electrons. The highest BCUT2D eigenvalue weighted by Crippen LogP contribution is 2.33. The third-order valence-corrected chi connectivity index (χ3v) is 3.52. The molecule has 1 aliphatic rings. The van der Waals surface area contributed by atoms with Gasteiger partial charge >= 0.3 is 6.03 Å². The van der Waals surface area contributed by atoms with Crippen LogP contribution in [-0.2, 0) is 4.79 Å². The first-order chi connectivity index (χ1) is 9.43. The average molecular weight is 358 g/mol. The lowest BCUT2D eigenvalue weighted by Crippen LogP contribution is -2.30. The SMILES string of the molecule is C=CCN1C(=O)N/C(=C\c2cc(Cl)c(O)c(Br)c2)C1=O. The zero-order chi connectivity index (χ0) is 14.9. The van der Waals surface area contributed by atoms with E-state index in [1.165, 1.54) is 18.2 Å². The lowest BCUT2D eigenvalue weighted by Gasteiger charge is -2.07. The standard InChI is InChI=1S/C13H10BrClN2O3/c1-2-3-17-12(19)10(16-13(17)20)6-7-4-8(14)11(18)9(15)5-7/h2,4-6,18H,1,3H2,(H,16,20)/b10-6-. The zero-order valence-electron chi connectivity index (χ0n) is 10.2. The summed E-state index contributed by atoms with van der Waals surface area (Å²) in [5, 5.41) is 12.2. The number of aromatic hydroxyl groups is 1. The quantitative estimate of drug-likeness (QED) is 0.496. The molecule has 1 aromatic rings. The molecule has 20 heavy (non-hydrogen) atoms. The second-order valence-electron chi connectivity index (χ2n) is 4.03. The molecule has 0 atom stereocenters. The third-order valence-electron chi connectivity index (χ3n) is 2.62. The zero-order valence-corrected chi connectivity index (χ0v) is 12.5. The fourth-order valence-corrected chi connectivity index (χ4v) is 2.52. The van der Waals surface area contributed by atoms with Gasteiger partial charge in [-0.3, -0.25) is 9.69 Å². The summed E-state index contributed by atoms with van der Waals surface area (Å²) in [6.07, 6.45) is 2.95. The molecule has 1 aliphatic heterocycles. The van der Waals surface area contributed by atoms with Crippen molar-refractivity contribution in [3.05, 3.63) is 45.5 Å². The average Bonchev–Trinajstić information content (AvgIpc) is 2.64. The van der Waals surface area contributed by atoms with E-state index in [1.54, 1.807) is 6.07 Å². The van der Waals surface area contributed by atoms with Crippen LogP contribution in [0.4, 0.5) is 4.79 Å². The van der Waals surface area contributed by atoms with Crippen molar-refractivity contribution in [2.45, 2.75) is 0 Å². The molecule has 0 saturated carbocycles. The number of halogens is 2. The Morgan fingerprint density at radius 3 is 2.75 bits per heavy atom. The molecule has 1 fully saturated rings. The van der Waals surface area contributed by atoms with Gasteiger partial charge in [0, 0.05) is 6.54 Å². The second-order valence-corrected chi connectivity index (χ2v) is 5.29. The van der Waals surface area contributed by atoms with Crippen molar-refractivity contribution in [2.75, 3.05) is 6.54 Å². The summed E-state index contributed by atoms with van der Waals surface area (Å²) in [4.78, 5) is 24.6. The maximum absolute atomic E-state index is 12.0. The molecule has 0 aromatic heterocycles. The van der Waals surface area contributed by atoms with Gasteiger partial charge in [0.25, 0.3) is 5.91 Å². The number of imide groups is 1. The van der Waals surface area contributed by atoms with Crippen molar-refractivity contribution in [3.63, 3.8) is 0 Å². The summed E-state index contributed by atoms with van der Waals surface area (Å²) in [5.41, 5.74) is 0.717. The molecule has 0 radical (unpaired) electrons. The molecule has 1 heterocycles. The largest absolute Gasteiger partial charge is 0.505 e. The molecular weight excluding hydrogens is 348 g/mol. The van der Waals surface area contributed by atoms with Crippen molar-refractivity contribution in [3.8, 4) is 5.75 Å². The molecule has 0 aliphatic carbocycles. The number of carbonyl (C=O) groups is 2. The Balaban J connectivity index is 2.35. The van der Waals surface area contributed by atoms with Gasteiger partial charge < -0.3 is 10.4 Å². The van der Waals surface area contributed by atoms with E-state index < -0.39 is 11.9 Å². The fourth-order valence-electron chi connectivity index (χ4n) is 1.70. The van der Waals surface area contributed by atoms with Crippen LogP contribution in [0.5, 0.6) is 5.75 Å². The van der Waals surface area contributed by atoms with E-state index in [1.807, 2.05) is 0 Å². The van der Waals surface area contributed by atoms with E-state index in [0.717, 1.165) is 4.90 Å². The summed E-state index contributed by atoms with van der Waals surface area (Å²) in [6.45, 7) is 3.63. The molecule has 0 unspecified atom stereocenters. The minimum atomic E-state index is -0.495. The summed E-state index contributed by atoms with van der Waals surface area (Å²) in [6, 6.07) is 2.58. The third kappa shape index (κ3) is 2.71. The van der Waals surface area contributed by atoms with Gasteiger partial charge in [-0.15, -0.1) is 6.58 Å². The van der Waals surface area contributed by atoms with E-state index in [-0.39, 0.29) is 23.0 Å². The molecule has 5 nitrogen and oxygen atoms in total. The number of phenols is 1. The van der Waals surface area contributed by atoms with Crippen LogP contribution in [0.25, 0.3) is 6.08 Å². The Morgan fingerprint density at radius 1 is 1.45 bits per heavy atom. The molecule has 7 heteroatoms. The molecule has 0 spiro atoms. The number of hydrogen-bond donors (Lipinski definition) is 2. The van der Waals surface area contributed by atoms with Crippen LogP contribution >= 0.6 is 27.5 Å². The number of phenolic OH excluding ortho intramolecular Hbond substituents is 1. The van der Waals surface area contributed by atoms with Crippen LogP contribution in [0.3, 0.4) is 0 Å². The van der Waals surface area contributed by atoms with Crippen LogP contribution in [0.1, 0.15) is 5.56 Å². The summed E-state index contributed by atoms with van der Waals surface area (Å²) in [5.74, 6) is -0.515. The van der Waals surface area contributed by atoms with Gasteiger partial charge in [-0.05, 0) is 39.7 Å². The van der Waals surface area contributed by atoms with Crippen molar-refractivity contribution in [1.82, 2.24) is 10.2 Å². The lowest BCUT2D eigenvalue weighted by molar-refractivity contribution is -0.122. The number of urea groups is 1. The predicted octanol–water partition coefficient (Wildman–Crippen LogP) is 2.89. The van der Waals surface area contributed by atoms with Gasteiger partial charge in [0.15, 0.2) is 0 Å². The smallest absolute Gasteiger partial charge is 0.329 e. The summed E-state index contributed by atoms with van der Waals surface area (Å²) < 4.78 is 0.400. The molecule has 1 saturated heterocycles. The maximum atomic E-state index is 12.0. The summed E-state index contributed by atoms with van der Waals surface area (Å²) in [7, 11) is 0. The number of benzene rings is 1. The topological polar surface area (TPSA) is 69.6 Å². The number of rotatable bonds is 3. The van der Waals surface area contributed by atoms with Gasteiger partial charge in [-0.1, -0.05) is 17.7 Å². The highest BCUT2D eigenvalue weighted by molar-refractivity contribution is 9.10. The highest BCUT2D eigenvalue weighted by atomic mass is 79.9. The molecule has 1 aromatic carbocycles. The van der Waals surface area contributed by atoms with E-state index in [0.29, 0.717) is 10.0 Å². The van der Waals surface area contributed by atoms with Gasteiger partial charge in [0.05, 0.1) is 9.50 Å². The fraction of sp³-hybridized carbons (Fsp3) is 0.0769. The van der Waals surface area contributed by atoms with Crippen molar-refractivity contribution >= 4 is 45.5 Å². The Hall–Kier alpha value is -1.79. The Kier molecular flexibility index (Phi) is 4.15. The van der Waals surface area contributed by atoms with Crippen LogP contribution in [0, 0.1) is 0 Å². The first kappa shape index (κ1) is 14.6. The Labute approximate surface area is 128 Å². The van der Waals surface area contributed by atoms with Crippen molar-refractivity contribution in [1.29, 1.82) is 0 Å². The van der Waals surface area contributed by atoms with Gasteiger partial charge in [0.1, 0.15) is 11.4 Å². The number of hydrogen-bond acceptors (Lipinski definition) is 3. The number of amides is 3. The molecule has 2 N–H and O–H groups in total. The van der Waals surface area contributed by atoms with Crippen molar-refractivity contribution in [2.24, 2.45) is 0 Å². The van der Waals surface area contributed by atoms with Crippen LogP contribution < -0.4 is 5.32 Å². The Bertz CT molecular complexity index is 619. The first-order valence-electron chi connectivity index (χ1n) is 5.57. The van der Waals surface area contributed by atoms with Gasteiger partial charge in [0.2, 0.25) is 0 Å². The highest BCUT2D eigenvalue weighted by Gasteiger charge is 2.32. The predicted molar refractivity (Wildman–Crippen MR) is 79.2 cm³/mol. The lowest BCUT2D eigenvalue weighted by atomic mass is 10.2. The van der Waals surface area contributed by atoms with E-state index in [2.05, 4.69) is 27.8 Å². The normalized spacial score (nSPS) is 16.7.